The summed E-state index contributed by atoms with van der Waals surface area (Å²) in [6, 6.07) is 0. The summed E-state index contributed by atoms with van der Waals surface area (Å²) in [4.78, 5) is 0. The fraction of sp³-hybridized carbons (Fsp3) is 1.00. The van der Waals surface area contributed by atoms with E-state index in [1.54, 1.807) is 0 Å². The van der Waals surface area contributed by atoms with Crippen molar-refractivity contribution in [2.75, 3.05) is 25.5 Å². The predicted molar refractivity (Wildman–Crippen MR) is 141 cm³/mol. The summed E-state index contributed by atoms with van der Waals surface area (Å²) in [5.74, 6) is 0. The second kappa shape index (κ2) is 24.1. The predicted octanol–water partition coefficient (Wildman–Crippen LogP) is 9.80. The summed E-state index contributed by atoms with van der Waals surface area (Å²) in [5, 5.41) is 3.93. The molecule has 1 N–H and O–H groups in total. The smallest absolute Gasteiger partial charge is 0.0796 e. The largest absolute Gasteiger partial charge is 0.195 e. The van der Waals surface area contributed by atoms with Gasteiger partial charge in [-0.25, -0.2) is 0 Å². The van der Waals surface area contributed by atoms with Gasteiger partial charge < -0.3 is 0 Å². The molecular formula is C25H56BrNP+. The molecule has 28 heavy (non-hydrogen) atoms. The fourth-order valence-corrected chi connectivity index (χ4v) is 8.08. The van der Waals surface area contributed by atoms with Crippen molar-refractivity contribution in [1.29, 1.82) is 0 Å². The van der Waals surface area contributed by atoms with Gasteiger partial charge in [0, 0.05) is 7.05 Å². The van der Waals surface area contributed by atoms with Crippen LogP contribution in [0.5, 0.6) is 0 Å². The molecule has 0 aliphatic heterocycles. The quantitative estimate of drug-likeness (QED) is 0.120. The van der Waals surface area contributed by atoms with Gasteiger partial charge in [-0.05, 0) is 38.5 Å². The first-order valence-electron chi connectivity index (χ1n) is 12.8. The van der Waals surface area contributed by atoms with Crippen LogP contribution in [0.25, 0.3) is 0 Å². The molecule has 0 aliphatic rings. The minimum atomic E-state index is -0.894. The molecule has 0 aromatic heterocycles. The molecule has 1 nitrogen and oxygen atoms in total. The third-order valence-corrected chi connectivity index (χ3v) is 10.8. The molecule has 0 saturated carbocycles. The van der Waals surface area contributed by atoms with E-state index in [0.717, 1.165) is 0 Å². The molecule has 0 spiro atoms. The van der Waals surface area contributed by atoms with Crippen LogP contribution in [0.15, 0.2) is 0 Å². The number of rotatable bonds is 22. The van der Waals surface area contributed by atoms with Gasteiger partial charge in [-0.2, -0.15) is 5.09 Å². The average molecular weight is 482 g/mol. The summed E-state index contributed by atoms with van der Waals surface area (Å²) < 4.78 is 0. The molecule has 0 bridgehead atoms. The van der Waals surface area contributed by atoms with Crippen LogP contribution in [-0.2, 0) is 0 Å². The van der Waals surface area contributed by atoms with Crippen molar-refractivity contribution >= 4 is 24.4 Å². The van der Waals surface area contributed by atoms with Gasteiger partial charge in [0.2, 0.25) is 0 Å². The highest BCUT2D eigenvalue weighted by molar-refractivity contribution is 8.93. The Kier molecular flexibility index (Phi) is 26.8. The molecule has 172 valence electrons. The molecular weight excluding hydrogens is 425 g/mol. The van der Waals surface area contributed by atoms with Crippen LogP contribution >= 0.6 is 24.4 Å². The van der Waals surface area contributed by atoms with Gasteiger partial charge in [-0.3, -0.25) is 0 Å². The Morgan fingerprint density at radius 2 is 0.679 bits per heavy atom. The van der Waals surface area contributed by atoms with Crippen molar-refractivity contribution in [1.82, 2.24) is 5.09 Å². The topological polar surface area (TPSA) is 12.0 Å². The molecule has 0 fully saturated rings. The van der Waals surface area contributed by atoms with Gasteiger partial charge >= 0.3 is 0 Å². The normalized spacial score (nSPS) is 11.6. The lowest BCUT2D eigenvalue weighted by Gasteiger charge is -2.27. The summed E-state index contributed by atoms with van der Waals surface area (Å²) in [7, 11) is 1.40. The minimum absolute atomic E-state index is 0. The maximum Gasteiger partial charge on any atom is 0.0796 e. The lowest BCUT2D eigenvalue weighted by Crippen LogP contribution is -2.21. The maximum atomic E-state index is 3.93. The van der Waals surface area contributed by atoms with E-state index in [4.69, 9.17) is 0 Å². The highest BCUT2D eigenvalue weighted by Crippen LogP contribution is 2.56. The van der Waals surface area contributed by atoms with Gasteiger partial charge in [-0.15, -0.1) is 17.0 Å². The van der Waals surface area contributed by atoms with Crippen molar-refractivity contribution in [3.63, 3.8) is 0 Å². The van der Waals surface area contributed by atoms with Crippen LogP contribution in [0.1, 0.15) is 136 Å². The van der Waals surface area contributed by atoms with E-state index in [-0.39, 0.29) is 17.0 Å². The number of nitrogens with one attached hydrogen (secondary N) is 1. The molecule has 0 unspecified atom stereocenters. The zero-order valence-electron chi connectivity index (χ0n) is 20.2. The Hall–Kier alpha value is 0.870. The van der Waals surface area contributed by atoms with Crippen LogP contribution in [-0.4, -0.2) is 25.5 Å². The second-order valence-corrected chi connectivity index (χ2v) is 12.9. The molecule has 3 heteroatoms. The molecule has 0 radical (unpaired) electrons. The van der Waals surface area contributed by atoms with Crippen LogP contribution in [0.3, 0.4) is 0 Å². The first-order chi connectivity index (χ1) is 13.2. The van der Waals surface area contributed by atoms with Gasteiger partial charge in [0.05, 0.1) is 25.9 Å². The molecule has 0 aliphatic carbocycles. The third-order valence-electron chi connectivity index (χ3n) is 6.29. The van der Waals surface area contributed by atoms with Gasteiger partial charge in [0.1, 0.15) is 0 Å². The van der Waals surface area contributed by atoms with E-state index in [9.17, 15) is 0 Å². The molecule has 0 saturated heterocycles. The first kappa shape index (κ1) is 31.1. The SMILES string of the molecule is Br.CCCCCCCC[P+](CCCCCCCC)(CCCCCCCC)NC. The van der Waals surface area contributed by atoms with Crippen LogP contribution in [0, 0.1) is 0 Å². The van der Waals surface area contributed by atoms with Crippen molar-refractivity contribution < 1.29 is 0 Å². The zero-order valence-corrected chi connectivity index (χ0v) is 22.8. The van der Waals surface area contributed by atoms with Crippen LogP contribution < -0.4 is 5.09 Å². The van der Waals surface area contributed by atoms with E-state index in [1.165, 1.54) is 134 Å². The second-order valence-electron chi connectivity index (χ2n) is 8.84. The summed E-state index contributed by atoms with van der Waals surface area (Å²) in [5.41, 5.74) is 0. The minimum Gasteiger partial charge on any atom is -0.195 e. The van der Waals surface area contributed by atoms with E-state index in [2.05, 4.69) is 32.9 Å². The van der Waals surface area contributed by atoms with Crippen molar-refractivity contribution in [2.24, 2.45) is 0 Å². The number of unbranched alkanes of at least 4 members (excludes halogenated alkanes) is 15. The van der Waals surface area contributed by atoms with Gasteiger partial charge in [0.25, 0.3) is 0 Å². The van der Waals surface area contributed by atoms with Crippen LogP contribution in [0.2, 0.25) is 0 Å². The van der Waals surface area contributed by atoms with Crippen molar-refractivity contribution in [3.05, 3.63) is 0 Å². The highest BCUT2D eigenvalue weighted by Gasteiger charge is 2.34. The highest BCUT2D eigenvalue weighted by atomic mass is 79.9. The molecule has 0 aromatic carbocycles. The standard InChI is InChI=1S/C25H55NP.BrH/c1-5-8-11-14-17-20-23-27(26-4,24-21-18-15-12-9-6-2)25-22-19-16-13-10-7-3;/h26H,5-25H2,1-4H3;1H/q+1;. The van der Waals surface area contributed by atoms with Gasteiger partial charge in [0.15, 0.2) is 0 Å². The molecule has 0 atom stereocenters. The number of halogens is 1. The summed E-state index contributed by atoms with van der Waals surface area (Å²) in [6.45, 7) is 6.95. The average Bonchev–Trinajstić information content (AvgIpc) is 2.69. The Morgan fingerprint density at radius 3 is 0.929 bits per heavy atom. The zero-order chi connectivity index (χ0) is 20.1. The summed E-state index contributed by atoms with van der Waals surface area (Å²) >= 11 is 0. The van der Waals surface area contributed by atoms with E-state index in [1.807, 2.05) is 0 Å². The third kappa shape index (κ3) is 18.9. The molecule has 0 heterocycles. The fourth-order valence-electron chi connectivity index (χ4n) is 4.26. The van der Waals surface area contributed by atoms with Gasteiger partial charge in [-0.1, -0.05) is 97.8 Å². The Bertz CT molecular complexity index is 245. The van der Waals surface area contributed by atoms with E-state index in [0.29, 0.717) is 0 Å². The Balaban J connectivity index is 0. The number of hydrogen-bond donors (Lipinski definition) is 1. The Morgan fingerprint density at radius 1 is 0.429 bits per heavy atom. The lowest BCUT2D eigenvalue weighted by atomic mass is 10.1. The molecule has 0 rings (SSSR count). The Labute approximate surface area is 191 Å². The maximum absolute atomic E-state index is 3.93. The van der Waals surface area contributed by atoms with Crippen molar-refractivity contribution in [3.8, 4) is 0 Å². The van der Waals surface area contributed by atoms with Crippen LogP contribution in [0.4, 0.5) is 0 Å². The first-order valence-corrected chi connectivity index (χ1v) is 15.1. The lowest BCUT2D eigenvalue weighted by molar-refractivity contribution is 0.614. The van der Waals surface area contributed by atoms with E-state index >= 15 is 0 Å². The van der Waals surface area contributed by atoms with E-state index < -0.39 is 7.41 Å². The molecule has 0 amide bonds. The monoisotopic (exact) mass is 480 g/mol. The summed E-state index contributed by atoms with van der Waals surface area (Å²) in [6.07, 6.45) is 30.5. The van der Waals surface area contributed by atoms with Crippen molar-refractivity contribution in [2.45, 2.75) is 136 Å². The molecule has 0 aromatic rings. The number of hydrogen-bond acceptors (Lipinski definition) is 1.